The van der Waals surface area contributed by atoms with E-state index in [2.05, 4.69) is 0 Å². The number of methoxy groups -OCH3 is 1. The molecule has 1 aromatic carbocycles. The molecule has 0 radical (unpaired) electrons. The van der Waals surface area contributed by atoms with Gasteiger partial charge in [-0.1, -0.05) is 23.7 Å². The lowest BCUT2D eigenvalue weighted by molar-refractivity contribution is -0.168. The van der Waals surface area contributed by atoms with Gasteiger partial charge in [0.15, 0.2) is 0 Å². The number of hydrogen-bond acceptors (Lipinski definition) is 3. The maximum Gasteiger partial charge on any atom is 0.223 e. The standard InChI is InChI=1S/C17H22ClNO3/c1-21-10-14-8-9-22-17(14)11-19(12-17)16(20)7-4-13-2-5-15(18)6-3-13/h2-3,5-6,14H,4,7-12H2,1H3. The van der Waals surface area contributed by atoms with Crippen molar-refractivity contribution >= 4 is 17.5 Å². The minimum absolute atomic E-state index is 0.147. The van der Waals surface area contributed by atoms with Crippen LogP contribution in [0.4, 0.5) is 0 Å². The fraction of sp³-hybridized carbons (Fsp3) is 0.588. The highest BCUT2D eigenvalue weighted by Gasteiger charge is 2.54. The third-order valence-corrected chi connectivity index (χ3v) is 5.03. The van der Waals surface area contributed by atoms with Crippen LogP contribution in [0.2, 0.25) is 5.02 Å². The third-order valence-electron chi connectivity index (χ3n) is 4.78. The zero-order chi connectivity index (χ0) is 15.6. The van der Waals surface area contributed by atoms with Crippen LogP contribution in [0, 0.1) is 5.92 Å². The molecule has 2 heterocycles. The zero-order valence-corrected chi connectivity index (χ0v) is 13.6. The molecule has 0 aliphatic carbocycles. The fourth-order valence-electron chi connectivity index (χ4n) is 3.41. The molecule has 2 saturated heterocycles. The Labute approximate surface area is 136 Å². The van der Waals surface area contributed by atoms with Crippen molar-refractivity contribution in [3.63, 3.8) is 0 Å². The number of carbonyl (C=O) groups excluding carboxylic acids is 1. The van der Waals surface area contributed by atoms with Crippen LogP contribution >= 0.6 is 11.6 Å². The van der Waals surface area contributed by atoms with Crippen molar-refractivity contribution in [2.45, 2.75) is 24.9 Å². The van der Waals surface area contributed by atoms with Gasteiger partial charge in [0.25, 0.3) is 0 Å². The molecule has 22 heavy (non-hydrogen) atoms. The first kappa shape index (κ1) is 15.8. The molecule has 1 spiro atoms. The summed E-state index contributed by atoms with van der Waals surface area (Å²) in [6, 6.07) is 7.67. The molecule has 2 fully saturated rings. The summed E-state index contributed by atoms with van der Waals surface area (Å²) in [4.78, 5) is 14.2. The molecule has 5 heteroatoms. The highest BCUT2D eigenvalue weighted by atomic mass is 35.5. The van der Waals surface area contributed by atoms with Crippen LogP contribution in [0.15, 0.2) is 24.3 Å². The molecular weight excluding hydrogens is 302 g/mol. The number of nitrogens with zero attached hydrogens (tertiary/aromatic N) is 1. The van der Waals surface area contributed by atoms with Crippen LogP contribution < -0.4 is 0 Å². The van der Waals surface area contributed by atoms with Gasteiger partial charge in [0.2, 0.25) is 5.91 Å². The average molecular weight is 324 g/mol. The molecule has 120 valence electrons. The van der Waals surface area contributed by atoms with Gasteiger partial charge in [-0.05, 0) is 30.5 Å². The number of rotatable bonds is 5. The van der Waals surface area contributed by atoms with Gasteiger partial charge in [0, 0.05) is 31.1 Å². The van der Waals surface area contributed by atoms with Gasteiger partial charge >= 0.3 is 0 Å². The molecule has 1 unspecified atom stereocenters. The predicted octanol–water partition coefficient (Wildman–Crippen LogP) is 2.54. The summed E-state index contributed by atoms with van der Waals surface area (Å²) >= 11 is 5.87. The van der Waals surface area contributed by atoms with Gasteiger partial charge in [-0.2, -0.15) is 0 Å². The highest BCUT2D eigenvalue weighted by Crippen LogP contribution is 2.40. The predicted molar refractivity (Wildman–Crippen MR) is 85.0 cm³/mol. The molecule has 4 nitrogen and oxygen atoms in total. The van der Waals surface area contributed by atoms with Crippen molar-refractivity contribution in [1.29, 1.82) is 0 Å². The molecular formula is C17H22ClNO3. The number of carbonyl (C=O) groups is 1. The summed E-state index contributed by atoms with van der Waals surface area (Å²) in [6.45, 7) is 2.91. The van der Waals surface area contributed by atoms with E-state index in [1.807, 2.05) is 29.2 Å². The van der Waals surface area contributed by atoms with Crippen LogP contribution in [-0.4, -0.2) is 49.8 Å². The van der Waals surface area contributed by atoms with Gasteiger partial charge in [0.05, 0.1) is 19.7 Å². The van der Waals surface area contributed by atoms with Crippen LogP contribution in [0.25, 0.3) is 0 Å². The highest BCUT2D eigenvalue weighted by molar-refractivity contribution is 6.30. The molecule has 0 N–H and O–H groups in total. The van der Waals surface area contributed by atoms with Crippen LogP contribution in [0.3, 0.4) is 0 Å². The number of ether oxygens (including phenoxy) is 2. The van der Waals surface area contributed by atoms with Crippen molar-refractivity contribution in [2.75, 3.05) is 33.4 Å². The molecule has 2 aliphatic rings. The van der Waals surface area contributed by atoms with Gasteiger partial charge in [-0.15, -0.1) is 0 Å². The Balaban J connectivity index is 1.48. The number of hydrogen-bond donors (Lipinski definition) is 0. The number of halogens is 1. The van der Waals surface area contributed by atoms with E-state index in [-0.39, 0.29) is 11.5 Å². The number of amides is 1. The Morgan fingerprint density at radius 1 is 1.41 bits per heavy atom. The average Bonchev–Trinajstić information content (AvgIpc) is 2.89. The Hall–Kier alpha value is -1.10. The van der Waals surface area contributed by atoms with Gasteiger partial charge < -0.3 is 14.4 Å². The van der Waals surface area contributed by atoms with E-state index >= 15 is 0 Å². The van der Waals surface area contributed by atoms with E-state index in [1.165, 1.54) is 0 Å². The van der Waals surface area contributed by atoms with Crippen molar-refractivity contribution in [1.82, 2.24) is 4.90 Å². The van der Waals surface area contributed by atoms with Crippen molar-refractivity contribution in [2.24, 2.45) is 5.92 Å². The topological polar surface area (TPSA) is 38.8 Å². The SMILES string of the molecule is COCC1CCOC12CN(C(=O)CCc1ccc(Cl)cc1)C2. The van der Waals surface area contributed by atoms with E-state index in [0.29, 0.717) is 32.0 Å². The second kappa shape index (κ2) is 6.57. The summed E-state index contributed by atoms with van der Waals surface area (Å²) in [5.41, 5.74) is 0.994. The second-order valence-corrected chi connectivity index (χ2v) is 6.67. The lowest BCUT2D eigenvalue weighted by Crippen LogP contribution is -2.66. The normalized spacial score (nSPS) is 22.8. The summed E-state index contributed by atoms with van der Waals surface area (Å²) in [5.74, 6) is 0.616. The fourth-order valence-corrected chi connectivity index (χ4v) is 3.53. The molecule has 1 atom stereocenters. The summed E-state index contributed by atoms with van der Waals surface area (Å²) in [6.07, 6.45) is 2.31. The van der Waals surface area contributed by atoms with E-state index in [1.54, 1.807) is 7.11 Å². The van der Waals surface area contributed by atoms with E-state index in [4.69, 9.17) is 21.1 Å². The molecule has 0 aromatic heterocycles. The Kier molecular flexibility index (Phi) is 4.71. The largest absolute Gasteiger partial charge is 0.384 e. The third kappa shape index (κ3) is 3.14. The lowest BCUT2D eigenvalue weighted by atomic mass is 9.81. The van der Waals surface area contributed by atoms with Crippen molar-refractivity contribution in [3.8, 4) is 0 Å². The van der Waals surface area contributed by atoms with Crippen LogP contribution in [-0.2, 0) is 20.7 Å². The number of aryl methyl sites for hydroxylation is 1. The molecule has 1 aromatic rings. The molecule has 0 bridgehead atoms. The smallest absolute Gasteiger partial charge is 0.223 e. The minimum Gasteiger partial charge on any atom is -0.384 e. The number of benzene rings is 1. The Bertz CT molecular complexity index is 525. The quantitative estimate of drug-likeness (QED) is 0.836. The second-order valence-electron chi connectivity index (χ2n) is 6.23. The van der Waals surface area contributed by atoms with E-state index < -0.39 is 0 Å². The van der Waals surface area contributed by atoms with E-state index in [9.17, 15) is 4.79 Å². The first-order valence-corrected chi connectivity index (χ1v) is 8.16. The molecule has 0 saturated carbocycles. The zero-order valence-electron chi connectivity index (χ0n) is 12.9. The van der Waals surface area contributed by atoms with Gasteiger partial charge in [-0.3, -0.25) is 4.79 Å². The number of likely N-dealkylation sites (tertiary alicyclic amines) is 1. The summed E-state index contributed by atoms with van der Waals surface area (Å²) in [5, 5.41) is 0.724. The Morgan fingerprint density at radius 2 is 2.14 bits per heavy atom. The van der Waals surface area contributed by atoms with Crippen LogP contribution in [0.1, 0.15) is 18.4 Å². The van der Waals surface area contributed by atoms with Gasteiger partial charge in [-0.25, -0.2) is 0 Å². The minimum atomic E-state index is -0.147. The van der Waals surface area contributed by atoms with Crippen molar-refractivity contribution < 1.29 is 14.3 Å². The summed E-state index contributed by atoms with van der Waals surface area (Å²) in [7, 11) is 1.72. The first-order chi connectivity index (χ1) is 10.6. The monoisotopic (exact) mass is 323 g/mol. The van der Waals surface area contributed by atoms with E-state index in [0.717, 1.165) is 30.0 Å². The van der Waals surface area contributed by atoms with Crippen molar-refractivity contribution in [3.05, 3.63) is 34.9 Å². The lowest BCUT2D eigenvalue weighted by Gasteiger charge is -2.50. The first-order valence-electron chi connectivity index (χ1n) is 7.78. The molecule has 2 aliphatic heterocycles. The molecule has 1 amide bonds. The van der Waals surface area contributed by atoms with Crippen LogP contribution in [0.5, 0.6) is 0 Å². The molecule has 3 rings (SSSR count). The summed E-state index contributed by atoms with van der Waals surface area (Å²) < 4.78 is 11.2. The van der Waals surface area contributed by atoms with Gasteiger partial charge in [0.1, 0.15) is 5.60 Å². The maximum atomic E-state index is 12.3. The Morgan fingerprint density at radius 3 is 2.82 bits per heavy atom. The maximum absolute atomic E-state index is 12.3.